The number of nitrogens with zero attached hydrogens (tertiary/aromatic N) is 3. The van der Waals surface area contributed by atoms with E-state index in [1.165, 1.54) is 0 Å². The third-order valence-corrected chi connectivity index (χ3v) is 3.19. The van der Waals surface area contributed by atoms with Crippen LogP contribution < -0.4 is 10.6 Å². The van der Waals surface area contributed by atoms with Gasteiger partial charge in [-0.25, -0.2) is 0 Å². The smallest absolute Gasteiger partial charge is 0.210 e. The van der Waals surface area contributed by atoms with Gasteiger partial charge in [0.1, 0.15) is 0 Å². The van der Waals surface area contributed by atoms with Gasteiger partial charge in [0.05, 0.1) is 30.2 Å². The van der Waals surface area contributed by atoms with Gasteiger partial charge in [0, 0.05) is 32.9 Å². The van der Waals surface area contributed by atoms with Crippen molar-refractivity contribution >= 4 is 17.8 Å². The van der Waals surface area contributed by atoms with Gasteiger partial charge in [-0.05, 0) is 6.07 Å². The Balaban J connectivity index is 2.12. The Hall–Kier alpha value is -1.82. The molecule has 18 heavy (non-hydrogen) atoms. The Morgan fingerprint density at radius 1 is 1.61 bits per heavy atom. The first kappa shape index (κ1) is 12.6. The molecule has 1 atom stereocenters. The summed E-state index contributed by atoms with van der Waals surface area (Å²) in [5, 5.41) is 0. The van der Waals surface area contributed by atoms with E-state index in [0.717, 1.165) is 25.2 Å². The largest absolute Gasteiger partial charge is 0.396 e. The zero-order chi connectivity index (χ0) is 13.0. The second-order valence-corrected chi connectivity index (χ2v) is 4.33. The number of nitrogen functional groups attached to an aromatic ring is 1. The average molecular weight is 250 g/mol. The summed E-state index contributed by atoms with van der Waals surface area (Å²) < 4.78 is 5.16. The number of anilines is 2. The molecule has 1 amide bonds. The Morgan fingerprint density at radius 3 is 3.11 bits per heavy atom. The minimum atomic E-state index is 0.0637. The fraction of sp³-hybridized carbons (Fsp3) is 0.500. The number of amides is 1. The molecule has 1 saturated heterocycles. The average Bonchev–Trinajstić information content (AvgIpc) is 2.40. The van der Waals surface area contributed by atoms with E-state index in [-0.39, 0.29) is 6.04 Å². The lowest BCUT2D eigenvalue weighted by atomic mass is 10.1. The van der Waals surface area contributed by atoms with Crippen LogP contribution in [0.3, 0.4) is 0 Å². The molecule has 0 aromatic carbocycles. The SMILES string of the molecule is COCC1CN(c2ccncc2N)CCN1C=O. The number of hydrogen-bond acceptors (Lipinski definition) is 5. The van der Waals surface area contributed by atoms with Crippen LogP contribution in [0.1, 0.15) is 0 Å². The summed E-state index contributed by atoms with van der Waals surface area (Å²) in [7, 11) is 1.64. The summed E-state index contributed by atoms with van der Waals surface area (Å²) in [5.74, 6) is 0. The molecule has 1 unspecified atom stereocenters. The van der Waals surface area contributed by atoms with Crippen molar-refractivity contribution in [2.24, 2.45) is 0 Å². The lowest BCUT2D eigenvalue weighted by molar-refractivity contribution is -0.121. The number of nitrogens with two attached hydrogens (primary N) is 1. The first-order chi connectivity index (χ1) is 8.76. The lowest BCUT2D eigenvalue weighted by Crippen LogP contribution is -2.54. The topological polar surface area (TPSA) is 71.7 Å². The van der Waals surface area contributed by atoms with Gasteiger partial charge in [-0.1, -0.05) is 0 Å². The molecule has 0 spiro atoms. The summed E-state index contributed by atoms with van der Waals surface area (Å²) in [4.78, 5) is 18.9. The van der Waals surface area contributed by atoms with Crippen molar-refractivity contribution < 1.29 is 9.53 Å². The molecule has 0 bridgehead atoms. The second kappa shape index (κ2) is 5.68. The van der Waals surface area contributed by atoms with E-state index in [9.17, 15) is 4.79 Å². The maximum absolute atomic E-state index is 11.0. The highest BCUT2D eigenvalue weighted by Gasteiger charge is 2.26. The molecule has 1 aliphatic heterocycles. The normalized spacial score (nSPS) is 19.9. The number of methoxy groups -OCH3 is 1. The summed E-state index contributed by atoms with van der Waals surface area (Å²) in [5.41, 5.74) is 7.55. The predicted molar refractivity (Wildman–Crippen MR) is 69.3 cm³/mol. The van der Waals surface area contributed by atoms with Crippen LogP contribution >= 0.6 is 0 Å². The van der Waals surface area contributed by atoms with Crippen LogP contribution in [0.25, 0.3) is 0 Å². The van der Waals surface area contributed by atoms with E-state index >= 15 is 0 Å². The van der Waals surface area contributed by atoms with Crippen molar-refractivity contribution in [3.63, 3.8) is 0 Å². The zero-order valence-electron chi connectivity index (χ0n) is 10.5. The highest BCUT2D eigenvalue weighted by atomic mass is 16.5. The highest BCUT2D eigenvalue weighted by Crippen LogP contribution is 2.24. The quantitative estimate of drug-likeness (QED) is 0.759. The number of hydrogen-bond donors (Lipinski definition) is 1. The summed E-state index contributed by atoms with van der Waals surface area (Å²) in [6, 6.07) is 1.96. The summed E-state index contributed by atoms with van der Waals surface area (Å²) in [6.45, 7) is 2.70. The molecule has 1 aromatic rings. The van der Waals surface area contributed by atoms with Crippen molar-refractivity contribution in [3.8, 4) is 0 Å². The minimum Gasteiger partial charge on any atom is -0.396 e. The molecule has 0 aliphatic carbocycles. The van der Waals surface area contributed by atoms with Crippen LogP contribution in [-0.4, -0.2) is 55.7 Å². The van der Waals surface area contributed by atoms with Gasteiger partial charge in [-0.3, -0.25) is 9.78 Å². The molecule has 2 rings (SSSR count). The van der Waals surface area contributed by atoms with Crippen molar-refractivity contribution in [1.29, 1.82) is 0 Å². The molecule has 2 heterocycles. The first-order valence-electron chi connectivity index (χ1n) is 5.90. The molecule has 2 N–H and O–H groups in total. The number of piperazine rings is 1. The molecular formula is C12H18N4O2. The fourth-order valence-electron chi connectivity index (χ4n) is 2.26. The van der Waals surface area contributed by atoms with Crippen LogP contribution in [-0.2, 0) is 9.53 Å². The number of aromatic nitrogens is 1. The second-order valence-electron chi connectivity index (χ2n) is 4.33. The van der Waals surface area contributed by atoms with Gasteiger partial charge in [0.25, 0.3) is 0 Å². The zero-order valence-corrected chi connectivity index (χ0v) is 10.5. The molecule has 6 nitrogen and oxygen atoms in total. The van der Waals surface area contributed by atoms with Gasteiger partial charge in [-0.2, -0.15) is 0 Å². The molecule has 0 saturated carbocycles. The Bertz CT molecular complexity index is 413. The third kappa shape index (κ3) is 2.53. The number of pyridine rings is 1. The van der Waals surface area contributed by atoms with Crippen LogP contribution in [0, 0.1) is 0 Å². The van der Waals surface area contributed by atoms with Crippen LogP contribution in [0.4, 0.5) is 11.4 Å². The van der Waals surface area contributed by atoms with Gasteiger partial charge in [0.2, 0.25) is 6.41 Å². The van der Waals surface area contributed by atoms with Crippen molar-refractivity contribution in [3.05, 3.63) is 18.5 Å². The molecule has 0 radical (unpaired) electrons. The third-order valence-electron chi connectivity index (χ3n) is 3.19. The maximum Gasteiger partial charge on any atom is 0.210 e. The van der Waals surface area contributed by atoms with Crippen LogP contribution in [0.15, 0.2) is 18.5 Å². The monoisotopic (exact) mass is 250 g/mol. The van der Waals surface area contributed by atoms with E-state index in [1.807, 2.05) is 6.07 Å². The Morgan fingerprint density at radius 2 is 2.44 bits per heavy atom. The lowest BCUT2D eigenvalue weighted by Gasteiger charge is -2.40. The number of ether oxygens (including phenoxy) is 1. The predicted octanol–water partition coefficient (Wildman–Crippen LogP) is -0.0428. The fourth-order valence-corrected chi connectivity index (χ4v) is 2.26. The number of carbonyl (C=O) groups is 1. The van der Waals surface area contributed by atoms with Gasteiger partial charge < -0.3 is 20.3 Å². The molecular weight excluding hydrogens is 232 g/mol. The Kier molecular flexibility index (Phi) is 3.99. The van der Waals surface area contributed by atoms with Gasteiger partial charge >= 0.3 is 0 Å². The molecule has 1 aromatic heterocycles. The van der Waals surface area contributed by atoms with Gasteiger partial charge in [-0.15, -0.1) is 0 Å². The standard InChI is InChI=1S/C12H18N4O2/c1-18-8-10-7-15(4-5-16(10)9-17)12-2-3-14-6-11(12)13/h2-3,6,9-10H,4-5,7-8,13H2,1H3. The highest BCUT2D eigenvalue weighted by molar-refractivity contribution is 5.66. The van der Waals surface area contributed by atoms with E-state index in [4.69, 9.17) is 10.5 Å². The van der Waals surface area contributed by atoms with Crippen LogP contribution in [0.2, 0.25) is 0 Å². The van der Waals surface area contributed by atoms with Crippen molar-refractivity contribution in [2.45, 2.75) is 6.04 Å². The van der Waals surface area contributed by atoms with Crippen molar-refractivity contribution in [1.82, 2.24) is 9.88 Å². The van der Waals surface area contributed by atoms with E-state index in [0.29, 0.717) is 18.8 Å². The van der Waals surface area contributed by atoms with E-state index in [2.05, 4.69) is 9.88 Å². The number of carbonyl (C=O) groups excluding carboxylic acids is 1. The first-order valence-corrected chi connectivity index (χ1v) is 5.90. The summed E-state index contributed by atoms with van der Waals surface area (Å²) >= 11 is 0. The molecule has 6 heteroatoms. The van der Waals surface area contributed by atoms with Crippen LogP contribution in [0.5, 0.6) is 0 Å². The van der Waals surface area contributed by atoms with E-state index in [1.54, 1.807) is 24.4 Å². The van der Waals surface area contributed by atoms with Crippen molar-refractivity contribution in [2.75, 3.05) is 44.0 Å². The number of rotatable bonds is 4. The maximum atomic E-state index is 11.0. The Labute approximate surface area is 106 Å². The molecule has 98 valence electrons. The molecule has 1 aliphatic rings. The molecule has 1 fully saturated rings. The minimum absolute atomic E-state index is 0.0637. The van der Waals surface area contributed by atoms with E-state index < -0.39 is 0 Å². The van der Waals surface area contributed by atoms with Gasteiger partial charge in [0.15, 0.2) is 0 Å². The summed E-state index contributed by atoms with van der Waals surface area (Å²) in [6.07, 6.45) is 4.26.